The van der Waals surface area contributed by atoms with E-state index in [1.54, 1.807) is 12.7 Å². The summed E-state index contributed by atoms with van der Waals surface area (Å²) in [6.45, 7) is 3.88. The smallest absolute Gasteiger partial charge is 0.167 e. The first-order valence-corrected chi connectivity index (χ1v) is 11.2. The molecule has 0 bridgehead atoms. The minimum Gasteiger partial charge on any atom is -0.365 e. The molecule has 1 N–H and O–H groups in total. The van der Waals surface area contributed by atoms with Crippen LogP contribution in [0.3, 0.4) is 0 Å². The molecule has 2 aromatic rings. The van der Waals surface area contributed by atoms with Gasteiger partial charge in [-0.2, -0.15) is 0 Å². The Morgan fingerprint density at radius 2 is 2.00 bits per heavy atom. The summed E-state index contributed by atoms with van der Waals surface area (Å²) in [5.41, 5.74) is 1.51. The Morgan fingerprint density at radius 3 is 2.79 bits per heavy atom. The highest BCUT2D eigenvalue weighted by atomic mass is 79.9. The summed E-state index contributed by atoms with van der Waals surface area (Å²) in [4.78, 5) is 15.4. The second-order valence-electron chi connectivity index (χ2n) is 8.40. The Labute approximate surface area is 178 Å². The predicted molar refractivity (Wildman–Crippen MR) is 112 cm³/mol. The first kappa shape index (κ1) is 19.4. The van der Waals surface area contributed by atoms with Crippen molar-refractivity contribution in [2.75, 3.05) is 5.32 Å². The molecule has 2 aromatic heterocycles. The van der Waals surface area contributed by atoms with E-state index in [1.165, 1.54) is 25.7 Å². The summed E-state index contributed by atoms with van der Waals surface area (Å²) < 4.78 is 20.7. The number of hydrogen-bond donors (Lipinski definition) is 1. The number of rotatable bonds is 5. The van der Waals surface area contributed by atoms with E-state index in [1.807, 2.05) is 29.5 Å². The van der Waals surface area contributed by atoms with Crippen molar-refractivity contribution in [3.05, 3.63) is 23.7 Å². The van der Waals surface area contributed by atoms with E-state index >= 15 is 0 Å². The number of nitrogens with zero attached hydrogens (tertiary/aromatic N) is 4. The minimum absolute atomic E-state index is 0.101. The van der Waals surface area contributed by atoms with Gasteiger partial charge in [-0.25, -0.2) is 15.0 Å². The normalized spacial score (nSPS) is 31.8. The van der Waals surface area contributed by atoms with Crippen LogP contribution in [0, 0.1) is 0 Å². The molecule has 9 heteroatoms. The zero-order valence-electron chi connectivity index (χ0n) is 16.6. The molecule has 5 rings (SSSR count). The first-order valence-electron chi connectivity index (χ1n) is 10.3. The van der Waals surface area contributed by atoms with E-state index < -0.39 is 5.79 Å². The fraction of sp³-hybridized carbons (Fsp3) is 0.650. The van der Waals surface area contributed by atoms with E-state index in [4.69, 9.17) is 14.2 Å². The Morgan fingerprint density at radius 1 is 1.21 bits per heavy atom. The van der Waals surface area contributed by atoms with Gasteiger partial charge in [-0.1, -0.05) is 34.8 Å². The number of nitrogens with one attached hydrogen (secondary N) is 1. The van der Waals surface area contributed by atoms with E-state index in [2.05, 4.69) is 36.2 Å². The van der Waals surface area contributed by atoms with Crippen molar-refractivity contribution in [2.45, 2.75) is 82.3 Å². The van der Waals surface area contributed by atoms with Crippen LogP contribution < -0.4 is 5.32 Å². The largest absolute Gasteiger partial charge is 0.365 e. The zero-order valence-corrected chi connectivity index (χ0v) is 18.2. The fourth-order valence-electron chi connectivity index (χ4n) is 4.67. The lowest BCUT2D eigenvalue weighted by Gasteiger charge is -2.24. The molecule has 0 spiro atoms. The second-order valence-corrected chi connectivity index (χ2v) is 8.93. The van der Waals surface area contributed by atoms with Gasteiger partial charge < -0.3 is 19.5 Å². The molecule has 8 nitrogen and oxygen atoms in total. The lowest BCUT2D eigenvalue weighted by molar-refractivity contribution is -0.195. The van der Waals surface area contributed by atoms with Crippen molar-refractivity contribution >= 4 is 32.9 Å². The summed E-state index contributed by atoms with van der Waals surface area (Å²) in [6, 6.07) is 0.457. The highest BCUT2D eigenvalue weighted by Crippen LogP contribution is 2.44. The molecule has 0 radical (unpaired) electrons. The lowest BCUT2D eigenvalue weighted by atomic mass is 10.1. The summed E-state index contributed by atoms with van der Waals surface area (Å²) in [5, 5.41) is 3.55. The molecule has 4 atom stereocenters. The van der Waals surface area contributed by atoms with Crippen LogP contribution in [-0.2, 0) is 14.2 Å². The summed E-state index contributed by atoms with van der Waals surface area (Å²) in [7, 11) is 0. The van der Waals surface area contributed by atoms with Gasteiger partial charge in [0.05, 0.1) is 12.4 Å². The van der Waals surface area contributed by atoms with Crippen LogP contribution in [0.5, 0.6) is 0 Å². The van der Waals surface area contributed by atoms with Crippen LogP contribution in [0.4, 0.5) is 5.82 Å². The third kappa shape index (κ3) is 3.58. The minimum atomic E-state index is -0.645. The molecule has 0 amide bonds. The maximum atomic E-state index is 6.37. The van der Waals surface area contributed by atoms with Gasteiger partial charge in [0.2, 0.25) is 0 Å². The number of imidazole rings is 1. The van der Waals surface area contributed by atoms with Gasteiger partial charge in [0.15, 0.2) is 29.0 Å². The van der Waals surface area contributed by atoms with Gasteiger partial charge in [0.25, 0.3) is 0 Å². The number of hydrogen-bond acceptors (Lipinski definition) is 7. The van der Waals surface area contributed by atoms with Crippen molar-refractivity contribution in [3.8, 4) is 0 Å². The number of ether oxygens (including phenoxy) is 3. The Kier molecular flexibility index (Phi) is 5.09. The highest BCUT2D eigenvalue weighted by molar-refractivity contribution is 9.11. The van der Waals surface area contributed by atoms with E-state index in [0.717, 1.165) is 23.4 Å². The first-order chi connectivity index (χ1) is 14.1. The number of aromatic nitrogens is 4. The number of fused-ring (bicyclic) bond motifs is 2. The second kappa shape index (κ2) is 7.61. The van der Waals surface area contributed by atoms with Gasteiger partial charge in [-0.15, -0.1) is 0 Å². The van der Waals surface area contributed by atoms with Crippen LogP contribution >= 0.6 is 15.9 Å². The molecule has 1 saturated carbocycles. The maximum Gasteiger partial charge on any atom is 0.167 e. The molecular formula is C20H26BrN5O3. The van der Waals surface area contributed by atoms with Gasteiger partial charge in [0, 0.05) is 6.04 Å². The molecule has 1 unspecified atom stereocenters. The predicted octanol–water partition coefficient (Wildman–Crippen LogP) is 3.90. The van der Waals surface area contributed by atoms with Crippen LogP contribution in [0.15, 0.2) is 23.7 Å². The number of anilines is 1. The molecule has 2 aliphatic heterocycles. The van der Waals surface area contributed by atoms with Gasteiger partial charge in [0.1, 0.15) is 18.5 Å². The van der Waals surface area contributed by atoms with Crippen LogP contribution in [-0.4, -0.2) is 49.7 Å². The zero-order chi connectivity index (χ0) is 20.0. The van der Waals surface area contributed by atoms with Gasteiger partial charge in [-0.05, 0) is 38.1 Å². The molecular weight excluding hydrogens is 438 g/mol. The SMILES string of the molecule is CC1(C)OC2[C@H](n3cnc4c(NC5CCCC5)ncnc43)O[C@H](CC=CBr)[C@H]2O1. The summed E-state index contributed by atoms with van der Waals surface area (Å²) in [6.07, 6.45) is 10.2. The quantitative estimate of drug-likeness (QED) is 0.719. The third-order valence-electron chi connectivity index (χ3n) is 5.91. The third-order valence-corrected chi connectivity index (χ3v) is 6.29. The molecule has 3 aliphatic rings. The lowest BCUT2D eigenvalue weighted by Crippen LogP contribution is -2.29. The molecule has 29 heavy (non-hydrogen) atoms. The van der Waals surface area contributed by atoms with Crippen LogP contribution in [0.2, 0.25) is 0 Å². The topological polar surface area (TPSA) is 83.3 Å². The van der Waals surface area contributed by atoms with Gasteiger partial charge >= 0.3 is 0 Å². The molecule has 2 saturated heterocycles. The van der Waals surface area contributed by atoms with E-state index in [-0.39, 0.29) is 24.5 Å². The Bertz CT molecular complexity index is 911. The highest BCUT2D eigenvalue weighted by Gasteiger charge is 2.55. The van der Waals surface area contributed by atoms with Crippen LogP contribution in [0.1, 0.15) is 52.2 Å². The molecule has 1 aliphatic carbocycles. The van der Waals surface area contributed by atoms with Crippen molar-refractivity contribution in [1.82, 2.24) is 19.5 Å². The molecule has 3 fully saturated rings. The van der Waals surface area contributed by atoms with Crippen LogP contribution in [0.25, 0.3) is 11.2 Å². The van der Waals surface area contributed by atoms with E-state index in [9.17, 15) is 0 Å². The average Bonchev–Trinajstić information content (AvgIpc) is 3.45. The molecule has 0 aromatic carbocycles. The maximum absolute atomic E-state index is 6.37. The fourth-order valence-corrected chi connectivity index (χ4v) is 4.88. The summed E-state index contributed by atoms with van der Waals surface area (Å²) in [5.74, 6) is 0.145. The van der Waals surface area contributed by atoms with Crippen molar-refractivity contribution in [2.24, 2.45) is 0 Å². The van der Waals surface area contributed by atoms with Gasteiger partial charge in [-0.3, -0.25) is 4.57 Å². The van der Waals surface area contributed by atoms with Crippen molar-refractivity contribution < 1.29 is 14.2 Å². The average molecular weight is 464 g/mol. The standard InChI is InChI=1S/C20H26BrN5O3/c1-20(2)28-15-13(8-5-9-21)27-19(16(15)29-20)26-11-24-14-17(22-10-23-18(14)26)25-12-6-3-4-7-12/h5,9-13,15-16,19H,3-4,6-8H2,1-2H3,(H,22,23,25)/t13-,15-,16?,19-/m1/s1. The Balaban J connectivity index is 1.46. The number of halogens is 1. The van der Waals surface area contributed by atoms with E-state index in [0.29, 0.717) is 6.04 Å². The summed E-state index contributed by atoms with van der Waals surface area (Å²) >= 11 is 3.33. The monoisotopic (exact) mass is 463 g/mol. The molecule has 4 heterocycles. The van der Waals surface area contributed by atoms with Crippen molar-refractivity contribution in [1.29, 1.82) is 0 Å². The van der Waals surface area contributed by atoms with Crippen molar-refractivity contribution in [3.63, 3.8) is 0 Å². The molecule has 156 valence electrons. The Hall–Kier alpha value is -1.55.